The van der Waals surface area contributed by atoms with Crippen LogP contribution in [0.15, 0.2) is 24.3 Å². The van der Waals surface area contributed by atoms with Crippen molar-refractivity contribution in [2.24, 2.45) is 0 Å². The molecule has 2 N–H and O–H groups in total. The maximum Gasteiger partial charge on any atom is 0.328 e. The monoisotopic (exact) mass is 342 g/mol. The lowest BCUT2D eigenvalue weighted by atomic mass is 10.2. The van der Waals surface area contributed by atoms with E-state index in [0.29, 0.717) is 12.2 Å². The van der Waals surface area contributed by atoms with Crippen molar-refractivity contribution in [2.75, 3.05) is 25.7 Å². The summed E-state index contributed by atoms with van der Waals surface area (Å²) < 4.78 is 18.1. The van der Waals surface area contributed by atoms with E-state index in [9.17, 15) is 18.8 Å². The molecule has 0 aliphatic heterocycles. The topological polar surface area (TPSA) is 84.5 Å². The molecule has 1 atom stereocenters. The summed E-state index contributed by atoms with van der Waals surface area (Å²) in [6, 6.07) is 4.69. The Morgan fingerprint density at radius 3 is 2.61 bits per heavy atom. The molecule has 1 aromatic rings. The predicted molar refractivity (Wildman–Crippen MR) is 85.7 cm³/mol. The molecule has 6 nitrogen and oxygen atoms in total. The SMILES string of the molecule is COC(=O)[C@H](CCSC)NC(=O)CNC(=O)c1ccccc1F. The molecule has 2 amide bonds. The van der Waals surface area contributed by atoms with E-state index in [-0.39, 0.29) is 12.1 Å². The van der Waals surface area contributed by atoms with Crippen molar-refractivity contribution < 1.29 is 23.5 Å². The standard InChI is InChI=1S/C15H19FN2O4S/c1-22-15(21)12(7-8-23-2)18-13(19)9-17-14(20)10-5-3-4-6-11(10)16/h3-6,12H,7-9H2,1-2H3,(H,17,20)(H,18,19)/t12-/m0/s1. The number of thioether (sulfide) groups is 1. The zero-order chi connectivity index (χ0) is 17.2. The fourth-order valence-electron chi connectivity index (χ4n) is 1.77. The van der Waals surface area contributed by atoms with Crippen LogP contribution in [0.5, 0.6) is 0 Å². The molecule has 126 valence electrons. The third-order valence-corrected chi connectivity index (χ3v) is 3.60. The number of rotatable bonds is 8. The molecule has 0 bridgehead atoms. The van der Waals surface area contributed by atoms with Gasteiger partial charge in [-0.3, -0.25) is 9.59 Å². The molecule has 0 aliphatic rings. The molecule has 0 saturated carbocycles. The molecule has 0 heterocycles. The third kappa shape index (κ3) is 6.27. The number of esters is 1. The summed E-state index contributed by atoms with van der Waals surface area (Å²) >= 11 is 1.53. The lowest BCUT2D eigenvalue weighted by Crippen LogP contribution is -2.46. The number of amides is 2. The Bertz CT molecular complexity index is 568. The smallest absolute Gasteiger partial charge is 0.328 e. The minimum absolute atomic E-state index is 0.146. The molecule has 0 spiro atoms. The van der Waals surface area contributed by atoms with Gasteiger partial charge < -0.3 is 15.4 Å². The maximum atomic E-state index is 13.4. The first-order valence-corrected chi connectivity index (χ1v) is 8.27. The van der Waals surface area contributed by atoms with Crippen molar-refractivity contribution in [3.8, 4) is 0 Å². The van der Waals surface area contributed by atoms with Crippen LogP contribution in [0.4, 0.5) is 4.39 Å². The molecule has 0 aromatic heterocycles. The Morgan fingerprint density at radius 2 is 2.00 bits per heavy atom. The van der Waals surface area contributed by atoms with Crippen molar-refractivity contribution in [1.82, 2.24) is 10.6 Å². The first-order chi connectivity index (χ1) is 11.0. The number of benzene rings is 1. The molecule has 0 saturated heterocycles. The Balaban J connectivity index is 2.53. The second-order valence-corrected chi connectivity index (χ2v) is 5.57. The van der Waals surface area contributed by atoms with E-state index >= 15 is 0 Å². The van der Waals surface area contributed by atoms with E-state index in [1.165, 1.54) is 37.1 Å². The fourth-order valence-corrected chi connectivity index (χ4v) is 2.24. The van der Waals surface area contributed by atoms with Gasteiger partial charge in [0.25, 0.3) is 5.91 Å². The van der Waals surface area contributed by atoms with Gasteiger partial charge in [-0.25, -0.2) is 9.18 Å². The van der Waals surface area contributed by atoms with Crippen LogP contribution in [0.3, 0.4) is 0 Å². The van der Waals surface area contributed by atoms with E-state index in [4.69, 9.17) is 0 Å². The summed E-state index contributed by atoms with van der Waals surface area (Å²) in [6.45, 7) is -0.361. The second kappa shape index (κ2) is 9.83. The lowest BCUT2D eigenvalue weighted by molar-refractivity contribution is -0.145. The van der Waals surface area contributed by atoms with Crippen LogP contribution in [0.2, 0.25) is 0 Å². The third-order valence-electron chi connectivity index (χ3n) is 2.96. The summed E-state index contributed by atoms with van der Waals surface area (Å²) in [5.74, 6) is -1.80. The van der Waals surface area contributed by atoms with E-state index in [2.05, 4.69) is 15.4 Å². The predicted octanol–water partition coefficient (Wildman–Crippen LogP) is 0.966. The van der Waals surface area contributed by atoms with Gasteiger partial charge in [0.05, 0.1) is 19.2 Å². The van der Waals surface area contributed by atoms with E-state index in [1.807, 2.05) is 6.26 Å². The van der Waals surface area contributed by atoms with Crippen LogP contribution >= 0.6 is 11.8 Å². The van der Waals surface area contributed by atoms with Crippen LogP contribution in [0.25, 0.3) is 0 Å². The number of carbonyl (C=O) groups is 3. The van der Waals surface area contributed by atoms with Gasteiger partial charge in [0.2, 0.25) is 5.91 Å². The Hall–Kier alpha value is -2.09. The molecule has 0 unspecified atom stereocenters. The molecule has 23 heavy (non-hydrogen) atoms. The van der Waals surface area contributed by atoms with Gasteiger partial charge >= 0.3 is 5.97 Å². The van der Waals surface area contributed by atoms with Gasteiger partial charge in [-0.1, -0.05) is 12.1 Å². The Labute approximate surface area is 138 Å². The summed E-state index contributed by atoms with van der Waals surface area (Å²) in [5.41, 5.74) is -0.146. The molecular weight excluding hydrogens is 323 g/mol. The maximum absolute atomic E-state index is 13.4. The zero-order valence-electron chi connectivity index (χ0n) is 12.9. The Kier molecular flexibility index (Phi) is 8.10. The highest BCUT2D eigenvalue weighted by Gasteiger charge is 2.21. The molecule has 1 rings (SSSR count). The van der Waals surface area contributed by atoms with Gasteiger partial charge in [-0.05, 0) is 30.6 Å². The number of hydrogen-bond acceptors (Lipinski definition) is 5. The van der Waals surface area contributed by atoms with Crippen LogP contribution in [-0.4, -0.2) is 49.5 Å². The number of hydrogen-bond donors (Lipinski definition) is 2. The number of carbonyl (C=O) groups excluding carboxylic acids is 3. The second-order valence-electron chi connectivity index (χ2n) is 4.59. The van der Waals surface area contributed by atoms with Crippen LogP contribution in [0, 0.1) is 5.82 Å². The van der Waals surface area contributed by atoms with Crippen molar-refractivity contribution in [3.05, 3.63) is 35.6 Å². The minimum Gasteiger partial charge on any atom is -0.467 e. The van der Waals surface area contributed by atoms with E-state index in [0.717, 1.165) is 6.07 Å². The number of nitrogens with one attached hydrogen (secondary N) is 2. The molecule has 0 aliphatic carbocycles. The summed E-state index contributed by atoms with van der Waals surface area (Å²) in [6.07, 6.45) is 2.30. The van der Waals surface area contributed by atoms with Crippen molar-refractivity contribution in [3.63, 3.8) is 0 Å². The fraction of sp³-hybridized carbons (Fsp3) is 0.400. The summed E-state index contributed by atoms with van der Waals surface area (Å²) in [4.78, 5) is 35.2. The number of halogens is 1. The normalized spacial score (nSPS) is 11.4. The highest BCUT2D eigenvalue weighted by Crippen LogP contribution is 2.05. The van der Waals surface area contributed by atoms with Crippen LogP contribution in [-0.2, 0) is 14.3 Å². The first-order valence-electron chi connectivity index (χ1n) is 6.88. The number of ether oxygens (including phenoxy) is 1. The Morgan fingerprint density at radius 1 is 1.30 bits per heavy atom. The summed E-state index contributed by atoms with van der Waals surface area (Å²) in [5, 5.41) is 4.80. The summed E-state index contributed by atoms with van der Waals surface area (Å²) in [7, 11) is 1.24. The van der Waals surface area contributed by atoms with Crippen molar-refractivity contribution in [1.29, 1.82) is 0 Å². The average molecular weight is 342 g/mol. The lowest BCUT2D eigenvalue weighted by Gasteiger charge is -2.16. The van der Waals surface area contributed by atoms with E-state index < -0.39 is 29.6 Å². The minimum atomic E-state index is -0.773. The highest BCUT2D eigenvalue weighted by atomic mass is 32.2. The number of methoxy groups -OCH3 is 1. The van der Waals surface area contributed by atoms with E-state index in [1.54, 1.807) is 0 Å². The van der Waals surface area contributed by atoms with Crippen molar-refractivity contribution >= 4 is 29.5 Å². The van der Waals surface area contributed by atoms with Crippen LogP contribution < -0.4 is 10.6 Å². The largest absolute Gasteiger partial charge is 0.467 e. The first kappa shape index (κ1) is 19.0. The van der Waals surface area contributed by atoms with Crippen molar-refractivity contribution in [2.45, 2.75) is 12.5 Å². The van der Waals surface area contributed by atoms with Gasteiger partial charge in [-0.2, -0.15) is 11.8 Å². The van der Waals surface area contributed by atoms with Gasteiger partial charge in [0, 0.05) is 0 Å². The van der Waals surface area contributed by atoms with Gasteiger partial charge in [0.15, 0.2) is 0 Å². The molecule has 1 aromatic carbocycles. The zero-order valence-corrected chi connectivity index (χ0v) is 13.7. The van der Waals surface area contributed by atoms with Crippen LogP contribution in [0.1, 0.15) is 16.8 Å². The highest BCUT2D eigenvalue weighted by molar-refractivity contribution is 7.98. The quantitative estimate of drug-likeness (QED) is 0.688. The molecule has 0 fully saturated rings. The molecule has 0 radical (unpaired) electrons. The van der Waals surface area contributed by atoms with Gasteiger partial charge in [0.1, 0.15) is 11.9 Å². The molecular formula is C15H19FN2O4S. The molecule has 8 heteroatoms. The van der Waals surface area contributed by atoms with Gasteiger partial charge in [-0.15, -0.1) is 0 Å². The average Bonchev–Trinajstić information content (AvgIpc) is 2.56.